The van der Waals surface area contributed by atoms with Gasteiger partial charge in [0.2, 0.25) is 5.91 Å². The lowest BCUT2D eigenvalue weighted by atomic mass is 9.99. The molecule has 0 bridgehead atoms. The van der Waals surface area contributed by atoms with Gasteiger partial charge in [-0.1, -0.05) is 72.8 Å². The Balaban J connectivity index is 0.00000225. The smallest absolute Gasteiger partial charge is 0.223 e. The van der Waals surface area contributed by atoms with E-state index in [1.54, 1.807) is 0 Å². The topological polar surface area (TPSA) is 32.3 Å². The summed E-state index contributed by atoms with van der Waals surface area (Å²) in [4.78, 5) is 14.4. The fourth-order valence-electron chi connectivity index (χ4n) is 4.03. The maximum absolute atomic E-state index is 12.4. The molecule has 2 atom stereocenters. The third kappa shape index (κ3) is 4.54. The molecule has 3 aromatic carbocycles. The van der Waals surface area contributed by atoms with Crippen LogP contribution in [0.2, 0.25) is 0 Å². The highest BCUT2D eigenvalue weighted by Crippen LogP contribution is 2.25. The normalized spacial score (nSPS) is 17.5. The predicted octanol–water partition coefficient (Wildman–Crippen LogP) is 4.96. The van der Waals surface area contributed by atoms with E-state index in [9.17, 15) is 4.79 Å². The van der Waals surface area contributed by atoms with Crippen molar-refractivity contribution in [1.82, 2.24) is 10.2 Å². The minimum atomic E-state index is 0. The second-order valence-electron chi connectivity index (χ2n) is 7.53. The zero-order valence-corrected chi connectivity index (χ0v) is 17.0. The molecule has 1 aliphatic rings. The maximum atomic E-state index is 12.4. The monoisotopic (exact) mass is 394 g/mol. The molecule has 3 aromatic rings. The molecule has 4 rings (SSSR count). The first-order chi connectivity index (χ1) is 13.2. The van der Waals surface area contributed by atoms with Crippen LogP contribution in [0.4, 0.5) is 0 Å². The number of carbonyl (C=O) groups excluding carboxylic acids is 1. The Hall–Kier alpha value is -2.36. The van der Waals surface area contributed by atoms with Crippen LogP contribution in [0.15, 0.2) is 72.8 Å². The Morgan fingerprint density at radius 3 is 2.54 bits per heavy atom. The number of nitrogens with one attached hydrogen (secondary N) is 1. The van der Waals surface area contributed by atoms with E-state index in [0.29, 0.717) is 12.3 Å². The Morgan fingerprint density at radius 1 is 1.00 bits per heavy atom. The van der Waals surface area contributed by atoms with Crippen molar-refractivity contribution >= 4 is 29.1 Å². The SMILES string of the molecule is C[C@@H](NCC1CC(=O)N(Cc2ccccc2)C1)c1cccc2ccccc12.Cl. The molecule has 1 amide bonds. The van der Waals surface area contributed by atoms with Crippen molar-refractivity contribution in [2.24, 2.45) is 5.92 Å². The van der Waals surface area contributed by atoms with E-state index >= 15 is 0 Å². The number of benzene rings is 3. The van der Waals surface area contributed by atoms with Gasteiger partial charge in [-0.05, 0) is 34.7 Å². The van der Waals surface area contributed by atoms with Crippen molar-refractivity contribution in [1.29, 1.82) is 0 Å². The van der Waals surface area contributed by atoms with Crippen molar-refractivity contribution in [2.45, 2.75) is 25.9 Å². The van der Waals surface area contributed by atoms with E-state index in [0.717, 1.165) is 19.6 Å². The van der Waals surface area contributed by atoms with Crippen LogP contribution in [0.3, 0.4) is 0 Å². The molecule has 0 aliphatic carbocycles. The highest BCUT2D eigenvalue weighted by Gasteiger charge is 2.29. The summed E-state index contributed by atoms with van der Waals surface area (Å²) in [7, 11) is 0. The van der Waals surface area contributed by atoms with Gasteiger partial charge in [-0.15, -0.1) is 12.4 Å². The zero-order valence-electron chi connectivity index (χ0n) is 16.2. The van der Waals surface area contributed by atoms with Crippen molar-refractivity contribution in [3.63, 3.8) is 0 Å². The van der Waals surface area contributed by atoms with Crippen molar-refractivity contribution in [3.8, 4) is 0 Å². The zero-order chi connectivity index (χ0) is 18.6. The van der Waals surface area contributed by atoms with Gasteiger partial charge in [-0.25, -0.2) is 0 Å². The molecule has 1 saturated heterocycles. The number of rotatable bonds is 6. The molecule has 28 heavy (non-hydrogen) atoms. The molecule has 1 N–H and O–H groups in total. The third-order valence-corrected chi connectivity index (χ3v) is 5.51. The standard InChI is InChI=1S/C24H26N2O.ClH/c1-18(22-13-7-11-21-10-5-6-12-23(21)22)25-15-20-14-24(27)26(17-20)16-19-8-3-2-4-9-19;/h2-13,18,20,25H,14-17H2,1H3;1H/t18-,20?;/m1./s1. The first-order valence-corrected chi connectivity index (χ1v) is 9.73. The van der Waals surface area contributed by atoms with Crippen molar-refractivity contribution < 1.29 is 4.79 Å². The van der Waals surface area contributed by atoms with Gasteiger partial charge < -0.3 is 10.2 Å². The lowest BCUT2D eigenvalue weighted by Crippen LogP contribution is -2.29. The Labute approximate surface area is 173 Å². The molecule has 0 saturated carbocycles. The lowest BCUT2D eigenvalue weighted by molar-refractivity contribution is -0.128. The molecule has 1 heterocycles. The van der Waals surface area contributed by atoms with Gasteiger partial charge in [0.05, 0.1) is 0 Å². The number of nitrogens with zero attached hydrogens (tertiary/aromatic N) is 1. The Kier molecular flexibility index (Phi) is 6.71. The molecule has 4 heteroatoms. The predicted molar refractivity (Wildman–Crippen MR) is 118 cm³/mol. The summed E-state index contributed by atoms with van der Waals surface area (Å²) in [5, 5.41) is 6.23. The molecule has 0 spiro atoms. The van der Waals surface area contributed by atoms with Crippen LogP contribution in [-0.2, 0) is 11.3 Å². The number of fused-ring (bicyclic) bond motifs is 1. The fourth-order valence-corrected chi connectivity index (χ4v) is 4.03. The van der Waals surface area contributed by atoms with E-state index in [2.05, 4.69) is 66.8 Å². The maximum Gasteiger partial charge on any atom is 0.223 e. The van der Waals surface area contributed by atoms with E-state index in [-0.39, 0.29) is 24.4 Å². The molecule has 0 aromatic heterocycles. The average Bonchev–Trinajstić information content (AvgIpc) is 3.06. The van der Waals surface area contributed by atoms with Crippen LogP contribution in [0.5, 0.6) is 0 Å². The molecule has 0 radical (unpaired) electrons. The van der Waals surface area contributed by atoms with Gasteiger partial charge in [0, 0.05) is 32.1 Å². The van der Waals surface area contributed by atoms with Gasteiger partial charge in [-0.2, -0.15) is 0 Å². The van der Waals surface area contributed by atoms with Crippen LogP contribution in [0.1, 0.15) is 30.5 Å². The number of hydrogen-bond donors (Lipinski definition) is 1. The van der Waals surface area contributed by atoms with Crippen LogP contribution in [0, 0.1) is 5.92 Å². The summed E-state index contributed by atoms with van der Waals surface area (Å²) >= 11 is 0. The molecular weight excluding hydrogens is 368 g/mol. The summed E-state index contributed by atoms with van der Waals surface area (Å²) < 4.78 is 0. The molecule has 1 unspecified atom stereocenters. The summed E-state index contributed by atoms with van der Waals surface area (Å²) in [6.45, 7) is 4.62. The summed E-state index contributed by atoms with van der Waals surface area (Å²) in [6, 6.07) is 25.5. The first kappa shape index (κ1) is 20.4. The molecule has 146 valence electrons. The van der Waals surface area contributed by atoms with Gasteiger partial charge in [0.25, 0.3) is 0 Å². The molecule has 1 aliphatic heterocycles. The second-order valence-corrected chi connectivity index (χ2v) is 7.53. The van der Waals surface area contributed by atoms with E-state index in [1.807, 2.05) is 23.1 Å². The van der Waals surface area contributed by atoms with Crippen molar-refractivity contribution in [2.75, 3.05) is 13.1 Å². The highest BCUT2D eigenvalue weighted by atomic mass is 35.5. The van der Waals surface area contributed by atoms with Crippen molar-refractivity contribution in [3.05, 3.63) is 83.9 Å². The molecule has 3 nitrogen and oxygen atoms in total. The van der Waals surface area contributed by atoms with E-state index in [4.69, 9.17) is 0 Å². The average molecular weight is 395 g/mol. The number of hydrogen-bond acceptors (Lipinski definition) is 2. The second kappa shape index (κ2) is 9.22. The number of carbonyl (C=O) groups is 1. The number of amides is 1. The van der Waals surface area contributed by atoms with E-state index in [1.165, 1.54) is 21.9 Å². The van der Waals surface area contributed by atoms with Gasteiger partial charge >= 0.3 is 0 Å². The molecule has 1 fully saturated rings. The van der Waals surface area contributed by atoms with Crippen LogP contribution in [-0.4, -0.2) is 23.9 Å². The first-order valence-electron chi connectivity index (χ1n) is 9.73. The third-order valence-electron chi connectivity index (χ3n) is 5.51. The number of halogens is 1. The van der Waals surface area contributed by atoms with E-state index < -0.39 is 0 Å². The highest BCUT2D eigenvalue weighted by molar-refractivity contribution is 5.86. The summed E-state index contributed by atoms with van der Waals surface area (Å²) in [6.07, 6.45) is 0.641. The number of likely N-dealkylation sites (tertiary alicyclic amines) is 1. The Morgan fingerprint density at radius 2 is 1.71 bits per heavy atom. The molecular formula is C24H27ClN2O. The summed E-state index contributed by atoms with van der Waals surface area (Å²) in [5.41, 5.74) is 2.52. The fraction of sp³-hybridized carbons (Fsp3) is 0.292. The van der Waals surface area contributed by atoms with Gasteiger partial charge in [0.15, 0.2) is 0 Å². The Bertz CT molecular complexity index is 923. The lowest BCUT2D eigenvalue weighted by Gasteiger charge is -2.20. The van der Waals surface area contributed by atoms with Gasteiger partial charge in [-0.3, -0.25) is 4.79 Å². The van der Waals surface area contributed by atoms with Crippen LogP contribution < -0.4 is 5.32 Å². The van der Waals surface area contributed by atoms with Crippen LogP contribution in [0.25, 0.3) is 10.8 Å². The quantitative estimate of drug-likeness (QED) is 0.640. The summed E-state index contributed by atoms with van der Waals surface area (Å²) in [5.74, 6) is 0.641. The largest absolute Gasteiger partial charge is 0.338 e. The van der Waals surface area contributed by atoms with Crippen LogP contribution >= 0.6 is 12.4 Å². The van der Waals surface area contributed by atoms with Gasteiger partial charge in [0.1, 0.15) is 0 Å². The minimum Gasteiger partial charge on any atom is -0.338 e. The minimum absolute atomic E-state index is 0.